The van der Waals surface area contributed by atoms with Crippen molar-refractivity contribution in [1.29, 1.82) is 0 Å². The SMILES string of the molecule is Cc1c(CC(=O)NCCC(=O)O)c2cc(O)c(F)cc2n1C(=O)c1ccc(OC(F)F)cc1. The van der Waals surface area contributed by atoms with Crippen LogP contribution in [0.1, 0.15) is 28.0 Å². The number of phenolic OH excluding ortho intramolecular Hbond substituents is 1. The predicted octanol–water partition coefficient (Wildman–Crippen LogP) is 3.22. The summed E-state index contributed by atoms with van der Waals surface area (Å²) in [5, 5.41) is 21.2. The average Bonchev–Trinajstić information content (AvgIpc) is 2.98. The first-order chi connectivity index (χ1) is 15.6. The maximum atomic E-state index is 14.1. The van der Waals surface area contributed by atoms with E-state index in [2.05, 4.69) is 10.1 Å². The summed E-state index contributed by atoms with van der Waals surface area (Å²) in [5.74, 6) is -4.03. The van der Waals surface area contributed by atoms with Gasteiger partial charge in [0.25, 0.3) is 5.91 Å². The average molecular weight is 464 g/mol. The monoisotopic (exact) mass is 464 g/mol. The molecule has 174 valence electrons. The number of hydrogen-bond donors (Lipinski definition) is 3. The summed E-state index contributed by atoms with van der Waals surface area (Å²) in [7, 11) is 0. The summed E-state index contributed by atoms with van der Waals surface area (Å²) < 4.78 is 44.2. The fourth-order valence-corrected chi connectivity index (χ4v) is 3.41. The number of halogens is 3. The van der Waals surface area contributed by atoms with Gasteiger partial charge in [-0.05, 0) is 42.8 Å². The van der Waals surface area contributed by atoms with Crippen LogP contribution in [0.5, 0.6) is 11.5 Å². The number of nitrogens with one attached hydrogen (secondary N) is 1. The van der Waals surface area contributed by atoms with Gasteiger partial charge in [-0.2, -0.15) is 8.78 Å². The van der Waals surface area contributed by atoms with E-state index in [0.29, 0.717) is 11.3 Å². The molecule has 3 aromatic rings. The second kappa shape index (κ2) is 9.63. The molecule has 0 aliphatic heterocycles. The zero-order valence-corrected chi connectivity index (χ0v) is 17.3. The van der Waals surface area contributed by atoms with Crippen molar-refractivity contribution < 1.29 is 42.5 Å². The van der Waals surface area contributed by atoms with E-state index >= 15 is 0 Å². The van der Waals surface area contributed by atoms with E-state index in [1.807, 2.05) is 0 Å². The van der Waals surface area contributed by atoms with Crippen LogP contribution >= 0.6 is 0 Å². The molecule has 0 fully saturated rings. The van der Waals surface area contributed by atoms with Gasteiger partial charge in [-0.15, -0.1) is 0 Å². The third kappa shape index (κ3) is 5.25. The van der Waals surface area contributed by atoms with E-state index < -0.39 is 36.0 Å². The first-order valence-electron chi connectivity index (χ1n) is 9.69. The quantitative estimate of drug-likeness (QED) is 0.471. The fourth-order valence-electron chi connectivity index (χ4n) is 3.41. The Morgan fingerprint density at radius 3 is 2.42 bits per heavy atom. The maximum absolute atomic E-state index is 14.1. The van der Waals surface area contributed by atoms with Gasteiger partial charge in [-0.25, -0.2) is 4.39 Å². The molecule has 0 saturated heterocycles. The summed E-state index contributed by atoms with van der Waals surface area (Å²) in [6, 6.07) is 6.95. The normalized spacial score (nSPS) is 11.1. The topological polar surface area (TPSA) is 118 Å². The van der Waals surface area contributed by atoms with Gasteiger partial charge in [-0.1, -0.05) is 0 Å². The molecule has 0 atom stereocenters. The number of aromatic hydroxyl groups is 1. The van der Waals surface area contributed by atoms with Crippen LogP contribution in [-0.4, -0.2) is 45.7 Å². The van der Waals surface area contributed by atoms with Crippen LogP contribution in [0.25, 0.3) is 10.9 Å². The number of carbonyl (C=O) groups is 3. The lowest BCUT2D eigenvalue weighted by molar-refractivity contribution is -0.136. The summed E-state index contributed by atoms with van der Waals surface area (Å²) >= 11 is 0. The number of carboxylic acid groups (broad SMARTS) is 1. The second-order valence-corrected chi connectivity index (χ2v) is 7.10. The molecule has 2 aromatic carbocycles. The minimum atomic E-state index is -3.03. The van der Waals surface area contributed by atoms with E-state index in [9.17, 15) is 32.7 Å². The number of aliphatic carboxylic acids is 1. The van der Waals surface area contributed by atoms with Crippen molar-refractivity contribution in [1.82, 2.24) is 9.88 Å². The Hall–Kier alpha value is -4.02. The number of phenols is 1. The van der Waals surface area contributed by atoms with Crippen LogP contribution in [0.4, 0.5) is 13.2 Å². The van der Waals surface area contributed by atoms with E-state index in [-0.39, 0.29) is 41.6 Å². The van der Waals surface area contributed by atoms with Gasteiger partial charge in [0.05, 0.1) is 18.4 Å². The summed E-state index contributed by atoms with van der Waals surface area (Å²) in [5.41, 5.74) is 0.803. The Kier molecular flexibility index (Phi) is 6.90. The van der Waals surface area contributed by atoms with Gasteiger partial charge in [-0.3, -0.25) is 19.0 Å². The molecule has 11 heteroatoms. The third-order valence-electron chi connectivity index (χ3n) is 4.93. The van der Waals surface area contributed by atoms with Gasteiger partial charge in [0, 0.05) is 29.3 Å². The van der Waals surface area contributed by atoms with E-state index in [1.165, 1.54) is 31.2 Å². The predicted molar refractivity (Wildman–Crippen MR) is 110 cm³/mol. The molecule has 0 bridgehead atoms. The molecule has 0 unspecified atom stereocenters. The van der Waals surface area contributed by atoms with Crippen molar-refractivity contribution in [3.63, 3.8) is 0 Å². The Labute approximate surface area is 185 Å². The van der Waals surface area contributed by atoms with Crippen LogP contribution < -0.4 is 10.1 Å². The standard InChI is InChI=1S/C22H19F3N2O6/c1-11-14(9-19(29)26-7-6-20(30)31)15-8-18(28)16(23)10-17(15)27(11)21(32)12-2-4-13(5-3-12)33-22(24)25/h2-5,8,10,22,28H,6-7,9H2,1H3,(H,26,29)(H,30,31). The van der Waals surface area contributed by atoms with Crippen molar-refractivity contribution >= 4 is 28.7 Å². The highest BCUT2D eigenvalue weighted by Crippen LogP contribution is 2.32. The Morgan fingerprint density at radius 1 is 1.15 bits per heavy atom. The minimum absolute atomic E-state index is 0.0857. The number of benzene rings is 2. The Bertz CT molecular complexity index is 1220. The fraction of sp³-hybridized carbons (Fsp3) is 0.227. The molecule has 0 radical (unpaired) electrons. The molecule has 3 N–H and O–H groups in total. The number of fused-ring (bicyclic) bond motifs is 1. The number of carbonyl (C=O) groups excluding carboxylic acids is 2. The molecular formula is C22H19F3N2O6. The molecule has 0 saturated carbocycles. The molecular weight excluding hydrogens is 445 g/mol. The lowest BCUT2D eigenvalue weighted by Gasteiger charge is -2.09. The van der Waals surface area contributed by atoms with Crippen molar-refractivity contribution in [3.8, 4) is 11.5 Å². The lowest BCUT2D eigenvalue weighted by Crippen LogP contribution is -2.27. The van der Waals surface area contributed by atoms with Crippen molar-refractivity contribution in [3.05, 3.63) is 59.0 Å². The summed E-state index contributed by atoms with van der Waals surface area (Å²) in [4.78, 5) is 36.1. The number of ether oxygens (including phenoxy) is 1. The Morgan fingerprint density at radius 2 is 1.82 bits per heavy atom. The molecule has 0 spiro atoms. The van der Waals surface area contributed by atoms with Crippen LogP contribution in [0.2, 0.25) is 0 Å². The Balaban J connectivity index is 2.00. The summed E-state index contributed by atoms with van der Waals surface area (Å²) in [6.45, 7) is -1.60. The number of rotatable bonds is 8. The third-order valence-corrected chi connectivity index (χ3v) is 4.93. The van der Waals surface area contributed by atoms with Crippen molar-refractivity contribution in [2.75, 3.05) is 6.54 Å². The number of hydrogen-bond acceptors (Lipinski definition) is 5. The highest BCUT2D eigenvalue weighted by atomic mass is 19.3. The lowest BCUT2D eigenvalue weighted by atomic mass is 10.1. The van der Waals surface area contributed by atoms with Gasteiger partial charge in [0.2, 0.25) is 5.91 Å². The number of alkyl halides is 2. The maximum Gasteiger partial charge on any atom is 0.387 e. The number of nitrogens with zero attached hydrogens (tertiary/aromatic N) is 1. The molecule has 1 heterocycles. The van der Waals surface area contributed by atoms with Crippen LogP contribution in [-0.2, 0) is 16.0 Å². The second-order valence-electron chi connectivity index (χ2n) is 7.10. The molecule has 33 heavy (non-hydrogen) atoms. The van der Waals surface area contributed by atoms with Crippen molar-refractivity contribution in [2.45, 2.75) is 26.4 Å². The highest BCUT2D eigenvalue weighted by molar-refractivity contribution is 6.05. The smallest absolute Gasteiger partial charge is 0.387 e. The highest BCUT2D eigenvalue weighted by Gasteiger charge is 2.23. The van der Waals surface area contributed by atoms with Crippen LogP contribution in [0, 0.1) is 12.7 Å². The first kappa shape index (κ1) is 23.6. The molecule has 0 aliphatic carbocycles. The first-order valence-corrected chi connectivity index (χ1v) is 9.69. The van der Waals surface area contributed by atoms with Crippen molar-refractivity contribution in [2.24, 2.45) is 0 Å². The number of carboxylic acids is 1. The van der Waals surface area contributed by atoms with Crippen LogP contribution in [0.15, 0.2) is 36.4 Å². The molecule has 0 aliphatic rings. The zero-order valence-electron chi connectivity index (χ0n) is 17.3. The molecule has 3 rings (SSSR count). The van der Waals surface area contributed by atoms with E-state index in [0.717, 1.165) is 16.7 Å². The zero-order chi connectivity index (χ0) is 24.3. The van der Waals surface area contributed by atoms with Gasteiger partial charge >= 0.3 is 12.6 Å². The largest absolute Gasteiger partial charge is 0.505 e. The summed E-state index contributed by atoms with van der Waals surface area (Å²) in [6.07, 6.45) is -0.531. The number of aromatic nitrogens is 1. The van der Waals surface area contributed by atoms with E-state index in [1.54, 1.807) is 0 Å². The number of amides is 1. The molecule has 1 aromatic heterocycles. The molecule has 1 amide bonds. The van der Waals surface area contributed by atoms with Gasteiger partial charge in [0.15, 0.2) is 11.6 Å². The van der Waals surface area contributed by atoms with E-state index in [4.69, 9.17) is 5.11 Å². The minimum Gasteiger partial charge on any atom is -0.505 e. The van der Waals surface area contributed by atoms with Crippen LogP contribution in [0.3, 0.4) is 0 Å². The van der Waals surface area contributed by atoms with Gasteiger partial charge in [0.1, 0.15) is 5.75 Å². The van der Waals surface area contributed by atoms with Gasteiger partial charge < -0.3 is 20.3 Å². The molecule has 8 nitrogen and oxygen atoms in total.